The lowest BCUT2D eigenvalue weighted by Crippen LogP contribution is -2.47. The van der Waals surface area contributed by atoms with E-state index >= 15 is 4.39 Å². The van der Waals surface area contributed by atoms with Crippen molar-refractivity contribution in [2.24, 2.45) is 12.5 Å². The highest BCUT2D eigenvalue weighted by atomic mass is 32.2. The molecule has 2 heterocycles. The quantitative estimate of drug-likeness (QED) is 0.367. The molecule has 1 aromatic carbocycles. The Morgan fingerprint density at radius 2 is 1.81 bits per heavy atom. The zero-order chi connectivity index (χ0) is 27.0. The summed E-state index contributed by atoms with van der Waals surface area (Å²) in [7, 11) is -3.46. The predicted octanol–water partition coefficient (Wildman–Crippen LogP) is 1.95. The van der Waals surface area contributed by atoms with Crippen molar-refractivity contribution >= 4 is 27.7 Å². The van der Waals surface area contributed by atoms with Gasteiger partial charge in [-0.15, -0.1) is 0 Å². The molecule has 1 aromatic heterocycles. The third kappa shape index (κ3) is 5.17. The van der Waals surface area contributed by atoms with E-state index in [9.17, 15) is 36.3 Å². The molecule has 2 amide bonds. The number of rotatable bonds is 7. The van der Waals surface area contributed by atoms with Crippen LogP contribution in [0.3, 0.4) is 0 Å². The summed E-state index contributed by atoms with van der Waals surface area (Å²) >= 11 is 0. The van der Waals surface area contributed by atoms with Crippen LogP contribution >= 0.6 is 0 Å². The number of aromatic nitrogens is 1. The maximum atomic E-state index is 15.2. The zero-order valence-corrected chi connectivity index (χ0v) is 20.3. The van der Waals surface area contributed by atoms with Gasteiger partial charge in [0.05, 0.1) is 13.2 Å². The molecule has 1 fully saturated rings. The number of ether oxygens (including phenoxy) is 1. The van der Waals surface area contributed by atoms with Crippen LogP contribution in [-0.2, 0) is 21.8 Å². The molecule has 0 bridgehead atoms. The molecule has 3 rings (SSSR count). The Hall–Kier alpha value is -3.17. The van der Waals surface area contributed by atoms with E-state index in [1.807, 2.05) is 5.32 Å². The van der Waals surface area contributed by atoms with Crippen molar-refractivity contribution in [1.82, 2.24) is 14.2 Å². The van der Waals surface area contributed by atoms with Crippen LogP contribution in [0.4, 0.5) is 28.0 Å². The van der Waals surface area contributed by atoms with Gasteiger partial charge < -0.3 is 24.6 Å². The van der Waals surface area contributed by atoms with Gasteiger partial charge in [-0.1, -0.05) is 6.92 Å². The number of likely N-dealkylation sites (tertiary alicyclic amines) is 1. The molecular weight excluding hydrogens is 512 g/mol. The number of aliphatic hydroxyl groups is 1. The van der Waals surface area contributed by atoms with Crippen LogP contribution in [0, 0.1) is 28.7 Å². The molecule has 1 aliphatic heterocycles. The van der Waals surface area contributed by atoms with Crippen LogP contribution in [0.25, 0.3) is 0 Å². The maximum absolute atomic E-state index is 15.2. The lowest BCUT2D eigenvalue weighted by molar-refractivity contribution is 0.100. The molecule has 15 heteroatoms. The summed E-state index contributed by atoms with van der Waals surface area (Å²) in [5.41, 5.74) is -2.43. The Morgan fingerprint density at radius 1 is 1.19 bits per heavy atom. The summed E-state index contributed by atoms with van der Waals surface area (Å²) in [5, 5.41) is 11.8. The summed E-state index contributed by atoms with van der Waals surface area (Å²) in [6.45, 7) is 2.49. The number of anilines is 1. The van der Waals surface area contributed by atoms with Crippen molar-refractivity contribution in [3.63, 3.8) is 0 Å². The second-order valence-corrected chi connectivity index (χ2v) is 10.2. The molecule has 1 aliphatic rings. The van der Waals surface area contributed by atoms with Crippen LogP contribution in [0.1, 0.15) is 24.3 Å². The topological polar surface area (TPSA) is 130 Å². The lowest BCUT2D eigenvalue weighted by Gasteiger charge is -2.28. The summed E-state index contributed by atoms with van der Waals surface area (Å²) in [5.74, 6) is -7.66. The molecule has 0 saturated carbocycles. The highest BCUT2D eigenvalue weighted by Gasteiger charge is 2.47. The smallest absolute Gasteiger partial charge is 0.409 e. The molecule has 1 saturated heterocycles. The summed E-state index contributed by atoms with van der Waals surface area (Å²) in [6.07, 6.45) is 0.102. The number of nitrogens with one attached hydrogen (secondary N) is 2. The van der Waals surface area contributed by atoms with Crippen LogP contribution in [0.15, 0.2) is 23.2 Å². The highest BCUT2D eigenvalue weighted by Crippen LogP contribution is 2.32. The highest BCUT2D eigenvalue weighted by molar-refractivity contribution is 7.89. The van der Waals surface area contributed by atoms with Crippen molar-refractivity contribution < 1.29 is 45.4 Å². The number of carbonyl (C=O) groups is 2. The fraction of sp³-hybridized carbons (Fsp3) is 0.429. The average Bonchev–Trinajstić information content (AvgIpc) is 3.28. The third-order valence-electron chi connectivity index (χ3n) is 5.82. The van der Waals surface area contributed by atoms with Gasteiger partial charge in [-0.2, -0.15) is 0 Å². The van der Waals surface area contributed by atoms with Gasteiger partial charge in [0.15, 0.2) is 23.3 Å². The Labute approximate surface area is 203 Å². The standard InChI is InChI=1S/C21H24F4N4O6S/c1-4-35-20(32)29-8-15(21(2,9-29)10-30)27-36(33,34)14-7-28(3)18(17(14)25)19(31)26-11-5-12(22)16(24)13(23)6-11/h5-7,15,27,30H,4,8-10H2,1-3H3,(H,26,31). The van der Waals surface area contributed by atoms with Crippen molar-refractivity contribution in [1.29, 1.82) is 0 Å². The number of amides is 2. The summed E-state index contributed by atoms with van der Waals surface area (Å²) in [4.78, 5) is 24.9. The van der Waals surface area contributed by atoms with Crippen LogP contribution in [-0.4, -0.2) is 67.3 Å². The van der Waals surface area contributed by atoms with Crippen molar-refractivity contribution in [2.45, 2.75) is 24.8 Å². The van der Waals surface area contributed by atoms with Gasteiger partial charge in [0.1, 0.15) is 10.6 Å². The number of aryl methyl sites for hydroxylation is 1. The number of benzene rings is 1. The first kappa shape index (κ1) is 27.4. The van der Waals surface area contributed by atoms with E-state index < -0.39 is 79.6 Å². The molecule has 0 radical (unpaired) electrons. The van der Waals surface area contributed by atoms with E-state index in [1.165, 1.54) is 18.9 Å². The molecule has 2 aromatic rings. The number of hydrogen-bond donors (Lipinski definition) is 3. The summed E-state index contributed by atoms with van der Waals surface area (Å²) in [6, 6.07) is -0.0814. The molecule has 198 valence electrons. The van der Waals surface area contributed by atoms with Gasteiger partial charge in [0, 0.05) is 55.6 Å². The SMILES string of the molecule is CCOC(=O)N1CC(NS(=O)(=O)c2cn(C)c(C(=O)Nc3cc(F)c(F)c(F)c3)c2F)C(C)(CO)C1. The fourth-order valence-corrected chi connectivity index (χ4v) is 5.32. The van der Waals surface area contributed by atoms with E-state index in [0.29, 0.717) is 12.1 Å². The van der Waals surface area contributed by atoms with Crippen LogP contribution < -0.4 is 10.0 Å². The summed E-state index contributed by atoms with van der Waals surface area (Å²) < 4.78 is 89.3. The average molecular weight is 537 g/mol. The number of sulfonamides is 1. The molecule has 0 aliphatic carbocycles. The Balaban J connectivity index is 1.87. The van der Waals surface area contributed by atoms with Crippen molar-refractivity contribution in [3.8, 4) is 0 Å². The van der Waals surface area contributed by atoms with Crippen LogP contribution in [0.2, 0.25) is 0 Å². The van der Waals surface area contributed by atoms with Gasteiger partial charge in [-0.05, 0) is 6.92 Å². The Kier molecular flexibility index (Phi) is 7.66. The minimum absolute atomic E-state index is 0.0365. The largest absolute Gasteiger partial charge is 0.450 e. The molecule has 2 atom stereocenters. The molecule has 2 unspecified atom stereocenters. The number of halogens is 4. The molecule has 0 spiro atoms. The van der Waals surface area contributed by atoms with Crippen molar-refractivity contribution in [3.05, 3.63) is 47.3 Å². The first-order valence-electron chi connectivity index (χ1n) is 10.6. The Morgan fingerprint density at radius 3 is 2.36 bits per heavy atom. The normalized spacial score (nSPS) is 20.0. The number of nitrogens with zero attached hydrogens (tertiary/aromatic N) is 2. The molecule has 10 nitrogen and oxygen atoms in total. The van der Waals surface area contributed by atoms with E-state index in [0.717, 1.165) is 10.8 Å². The van der Waals surface area contributed by atoms with E-state index in [4.69, 9.17) is 4.74 Å². The van der Waals surface area contributed by atoms with Gasteiger partial charge in [-0.3, -0.25) is 4.79 Å². The second-order valence-electron chi connectivity index (χ2n) is 8.54. The van der Waals surface area contributed by atoms with Crippen molar-refractivity contribution in [2.75, 3.05) is 31.6 Å². The van der Waals surface area contributed by atoms with Crippen LogP contribution in [0.5, 0.6) is 0 Å². The van der Waals surface area contributed by atoms with Gasteiger partial charge in [-0.25, -0.2) is 35.5 Å². The van der Waals surface area contributed by atoms with E-state index in [1.54, 1.807) is 6.92 Å². The third-order valence-corrected chi connectivity index (χ3v) is 7.27. The fourth-order valence-electron chi connectivity index (χ4n) is 3.83. The first-order chi connectivity index (χ1) is 16.7. The van der Waals surface area contributed by atoms with E-state index in [-0.39, 0.29) is 19.7 Å². The Bertz CT molecular complexity index is 1280. The number of carbonyl (C=O) groups excluding carboxylic acids is 2. The van der Waals surface area contributed by atoms with Gasteiger partial charge in [0.25, 0.3) is 5.91 Å². The molecular formula is C21H24F4N4O6S. The monoisotopic (exact) mass is 536 g/mol. The van der Waals surface area contributed by atoms with E-state index in [2.05, 4.69) is 4.72 Å². The van der Waals surface area contributed by atoms with Gasteiger partial charge >= 0.3 is 6.09 Å². The second kappa shape index (κ2) is 10.1. The first-order valence-corrected chi connectivity index (χ1v) is 12.1. The predicted molar refractivity (Wildman–Crippen MR) is 118 cm³/mol. The lowest BCUT2D eigenvalue weighted by atomic mass is 9.87. The number of aliphatic hydroxyl groups excluding tert-OH is 1. The maximum Gasteiger partial charge on any atom is 0.409 e. The minimum atomic E-state index is -4.63. The van der Waals surface area contributed by atoms with Gasteiger partial charge in [0.2, 0.25) is 10.0 Å². The zero-order valence-electron chi connectivity index (χ0n) is 19.4. The number of hydrogen-bond acceptors (Lipinski definition) is 6. The molecule has 36 heavy (non-hydrogen) atoms. The molecule has 3 N–H and O–H groups in total. The minimum Gasteiger partial charge on any atom is -0.450 e.